The van der Waals surface area contributed by atoms with Crippen LogP contribution in [0.4, 0.5) is 5.82 Å². The quantitative estimate of drug-likeness (QED) is 0.929. The molecule has 2 aromatic rings. The molecule has 2 aromatic heterocycles. The van der Waals surface area contributed by atoms with Gasteiger partial charge in [0.2, 0.25) is 0 Å². The lowest BCUT2D eigenvalue weighted by Crippen LogP contribution is -2.16. The van der Waals surface area contributed by atoms with Gasteiger partial charge in [-0.3, -0.25) is 4.79 Å². The first-order chi connectivity index (χ1) is 9.74. The third kappa shape index (κ3) is 2.55. The van der Waals surface area contributed by atoms with Crippen LogP contribution in [0.25, 0.3) is 0 Å². The summed E-state index contributed by atoms with van der Waals surface area (Å²) in [7, 11) is 0. The van der Waals surface area contributed by atoms with Gasteiger partial charge >= 0.3 is 0 Å². The molecule has 3 heterocycles. The molecule has 0 saturated carbocycles. The van der Waals surface area contributed by atoms with E-state index in [1.54, 1.807) is 6.07 Å². The lowest BCUT2D eigenvalue weighted by molar-refractivity contribution is 0.0889. The zero-order valence-electron chi connectivity index (χ0n) is 11.1. The highest BCUT2D eigenvalue weighted by molar-refractivity contribution is 6.03. The Kier molecular flexibility index (Phi) is 3.47. The number of ether oxygens (including phenoxy) is 1. The Morgan fingerprint density at radius 1 is 1.45 bits per heavy atom. The van der Waals surface area contributed by atoms with Crippen molar-refractivity contribution in [1.29, 1.82) is 0 Å². The van der Waals surface area contributed by atoms with Crippen LogP contribution in [-0.4, -0.2) is 22.5 Å². The van der Waals surface area contributed by atoms with Gasteiger partial charge in [0.05, 0.1) is 0 Å². The van der Waals surface area contributed by atoms with Gasteiger partial charge in [-0.25, -0.2) is 9.97 Å². The van der Waals surface area contributed by atoms with Gasteiger partial charge in [-0.1, -0.05) is 6.07 Å². The Balaban J connectivity index is 1.79. The zero-order chi connectivity index (χ0) is 13.9. The molecule has 6 heteroatoms. The second-order valence-electron chi connectivity index (χ2n) is 4.69. The van der Waals surface area contributed by atoms with Crippen molar-refractivity contribution in [3.8, 4) is 0 Å². The third-order valence-electron chi connectivity index (χ3n) is 3.16. The van der Waals surface area contributed by atoms with Gasteiger partial charge in [0.15, 0.2) is 17.8 Å². The average Bonchev–Trinajstić information content (AvgIpc) is 3.09. The highest BCUT2D eigenvalue weighted by Gasteiger charge is 2.28. The highest BCUT2D eigenvalue weighted by Crippen LogP contribution is 2.30. The first-order valence-electron chi connectivity index (χ1n) is 6.54. The van der Waals surface area contributed by atoms with Gasteiger partial charge in [-0.2, -0.15) is 0 Å². The van der Waals surface area contributed by atoms with Gasteiger partial charge in [0.25, 0.3) is 5.91 Å². The molecule has 6 nitrogen and oxygen atoms in total. The lowest BCUT2D eigenvalue weighted by Gasteiger charge is -2.08. The molecular weight excluding hydrogens is 258 g/mol. The molecule has 1 saturated heterocycles. The van der Waals surface area contributed by atoms with Gasteiger partial charge in [-0.15, -0.1) is 0 Å². The fraction of sp³-hybridized carbons (Fsp3) is 0.357. The van der Waals surface area contributed by atoms with Crippen molar-refractivity contribution in [2.75, 3.05) is 11.9 Å². The Bertz CT molecular complexity index is 618. The molecule has 1 aliphatic rings. The number of hydrogen-bond acceptors (Lipinski definition) is 5. The number of hydrogen-bond donors (Lipinski definition) is 1. The van der Waals surface area contributed by atoms with Crippen LogP contribution >= 0.6 is 0 Å². The number of aryl methyl sites for hydroxylation is 1. The van der Waals surface area contributed by atoms with Crippen molar-refractivity contribution in [2.24, 2.45) is 0 Å². The monoisotopic (exact) mass is 273 g/mol. The number of carbonyl (C=O) groups is 1. The standard InChI is InChI=1S/C14H15N3O3/c1-9-4-2-6-11(16-9)17-14(18)12-13(20-8-15-12)10-5-3-7-19-10/h2,4,6,8,10H,3,5,7H2,1H3,(H,16,17,18)/t10-/m1/s1. The number of aromatic nitrogens is 2. The van der Waals surface area contributed by atoms with E-state index in [2.05, 4.69) is 15.3 Å². The maximum atomic E-state index is 12.2. The minimum atomic E-state index is -0.331. The molecule has 1 amide bonds. The smallest absolute Gasteiger partial charge is 0.279 e. The third-order valence-corrected chi connectivity index (χ3v) is 3.16. The van der Waals surface area contributed by atoms with Crippen LogP contribution in [-0.2, 0) is 4.74 Å². The molecule has 0 spiro atoms. The second kappa shape index (κ2) is 5.42. The van der Waals surface area contributed by atoms with Gasteiger partial charge in [0.1, 0.15) is 11.9 Å². The Morgan fingerprint density at radius 2 is 2.35 bits per heavy atom. The Labute approximate surface area is 116 Å². The van der Waals surface area contributed by atoms with E-state index < -0.39 is 0 Å². The summed E-state index contributed by atoms with van der Waals surface area (Å²) < 4.78 is 10.8. The molecule has 1 N–H and O–H groups in total. The summed E-state index contributed by atoms with van der Waals surface area (Å²) in [5.74, 6) is 0.659. The largest absolute Gasteiger partial charge is 0.445 e. The maximum Gasteiger partial charge on any atom is 0.279 e. The number of nitrogens with zero attached hydrogens (tertiary/aromatic N) is 2. The van der Waals surface area contributed by atoms with Gasteiger partial charge in [-0.05, 0) is 31.9 Å². The summed E-state index contributed by atoms with van der Waals surface area (Å²) in [5.41, 5.74) is 1.10. The van der Waals surface area contributed by atoms with Crippen LogP contribution in [0.15, 0.2) is 29.0 Å². The second-order valence-corrected chi connectivity index (χ2v) is 4.69. The maximum absolute atomic E-state index is 12.2. The topological polar surface area (TPSA) is 77.2 Å². The fourth-order valence-electron chi connectivity index (χ4n) is 2.23. The molecule has 0 aromatic carbocycles. The summed E-state index contributed by atoms with van der Waals surface area (Å²) in [6.45, 7) is 2.55. The SMILES string of the molecule is Cc1cccc(NC(=O)c2ncoc2[C@H]2CCCO2)n1. The fourth-order valence-corrected chi connectivity index (χ4v) is 2.23. The molecular formula is C14H15N3O3. The van der Waals surface area contributed by atoms with Crippen LogP contribution in [0.1, 0.15) is 40.9 Å². The van der Waals surface area contributed by atoms with Crippen LogP contribution in [0.3, 0.4) is 0 Å². The van der Waals surface area contributed by atoms with Crippen LogP contribution in [0.5, 0.6) is 0 Å². The van der Waals surface area contributed by atoms with E-state index in [4.69, 9.17) is 9.15 Å². The predicted octanol–water partition coefficient (Wildman–Crippen LogP) is 2.48. The molecule has 1 aliphatic heterocycles. The summed E-state index contributed by atoms with van der Waals surface area (Å²) in [6.07, 6.45) is 2.91. The normalized spacial score (nSPS) is 18.1. The molecule has 104 valence electrons. The van der Waals surface area contributed by atoms with E-state index in [1.807, 2.05) is 19.1 Å². The van der Waals surface area contributed by atoms with E-state index in [-0.39, 0.29) is 17.7 Å². The lowest BCUT2D eigenvalue weighted by atomic mass is 10.1. The molecule has 0 unspecified atom stereocenters. The molecule has 1 fully saturated rings. The molecule has 1 atom stereocenters. The molecule has 0 aliphatic carbocycles. The van der Waals surface area contributed by atoms with Gasteiger partial charge < -0.3 is 14.5 Å². The first kappa shape index (κ1) is 12.8. The summed E-state index contributed by atoms with van der Waals surface area (Å²) in [5, 5.41) is 2.72. The van der Waals surface area contributed by atoms with Crippen molar-refractivity contribution in [2.45, 2.75) is 25.9 Å². The van der Waals surface area contributed by atoms with Crippen molar-refractivity contribution < 1.29 is 13.9 Å². The minimum absolute atomic E-state index is 0.177. The Hall–Kier alpha value is -2.21. The Morgan fingerprint density at radius 3 is 3.10 bits per heavy atom. The highest BCUT2D eigenvalue weighted by atomic mass is 16.5. The first-order valence-corrected chi connectivity index (χ1v) is 6.54. The summed E-state index contributed by atoms with van der Waals surface area (Å²) in [4.78, 5) is 20.5. The van der Waals surface area contributed by atoms with Crippen molar-refractivity contribution in [3.05, 3.63) is 41.7 Å². The average molecular weight is 273 g/mol. The van der Waals surface area contributed by atoms with E-state index >= 15 is 0 Å². The minimum Gasteiger partial charge on any atom is -0.445 e. The molecule has 20 heavy (non-hydrogen) atoms. The number of amides is 1. The number of oxazole rings is 1. The summed E-state index contributed by atoms with van der Waals surface area (Å²) in [6, 6.07) is 5.43. The number of rotatable bonds is 3. The van der Waals surface area contributed by atoms with E-state index in [1.165, 1.54) is 6.39 Å². The van der Waals surface area contributed by atoms with Crippen molar-refractivity contribution >= 4 is 11.7 Å². The molecule has 0 radical (unpaired) electrons. The van der Waals surface area contributed by atoms with E-state index in [0.29, 0.717) is 18.2 Å². The van der Waals surface area contributed by atoms with E-state index in [9.17, 15) is 4.79 Å². The number of pyridine rings is 1. The van der Waals surface area contributed by atoms with Crippen LogP contribution in [0.2, 0.25) is 0 Å². The van der Waals surface area contributed by atoms with Crippen molar-refractivity contribution in [1.82, 2.24) is 9.97 Å². The molecule has 3 rings (SSSR count). The van der Waals surface area contributed by atoms with Gasteiger partial charge in [0, 0.05) is 12.3 Å². The number of nitrogens with one attached hydrogen (secondary N) is 1. The zero-order valence-corrected chi connectivity index (χ0v) is 11.1. The van der Waals surface area contributed by atoms with E-state index in [0.717, 1.165) is 18.5 Å². The number of carbonyl (C=O) groups excluding carboxylic acids is 1. The molecule has 0 bridgehead atoms. The number of anilines is 1. The van der Waals surface area contributed by atoms with Crippen LogP contribution in [0, 0.1) is 6.92 Å². The summed E-state index contributed by atoms with van der Waals surface area (Å²) >= 11 is 0. The van der Waals surface area contributed by atoms with Crippen molar-refractivity contribution in [3.63, 3.8) is 0 Å². The van der Waals surface area contributed by atoms with Crippen LogP contribution < -0.4 is 5.32 Å². The predicted molar refractivity (Wildman–Crippen MR) is 71.4 cm³/mol.